The van der Waals surface area contributed by atoms with Gasteiger partial charge in [0.05, 0.1) is 13.1 Å². The zero-order chi connectivity index (χ0) is 14.5. The van der Waals surface area contributed by atoms with Crippen molar-refractivity contribution in [2.75, 3.05) is 7.05 Å². The second kappa shape index (κ2) is 8.32. The lowest BCUT2D eigenvalue weighted by Crippen LogP contribution is -2.36. The lowest BCUT2D eigenvalue weighted by molar-refractivity contribution is 0.718. The molecule has 0 fully saturated rings. The molecular formula is C13H21IN6S. The van der Waals surface area contributed by atoms with E-state index in [4.69, 9.17) is 0 Å². The molecule has 0 saturated heterocycles. The van der Waals surface area contributed by atoms with Crippen molar-refractivity contribution in [3.05, 3.63) is 33.5 Å². The third kappa shape index (κ3) is 4.67. The summed E-state index contributed by atoms with van der Waals surface area (Å²) in [7, 11) is 3.72. The molecule has 0 aromatic carbocycles. The quantitative estimate of drug-likeness (QED) is 0.451. The first-order valence-corrected chi connectivity index (χ1v) is 7.32. The normalized spacial score (nSPS) is 11.1. The predicted molar refractivity (Wildman–Crippen MR) is 97.2 cm³/mol. The fraction of sp³-hybridized carbons (Fsp3) is 0.462. The zero-order valence-corrected chi connectivity index (χ0v) is 15.8. The molecule has 0 aliphatic heterocycles. The average molecular weight is 420 g/mol. The van der Waals surface area contributed by atoms with E-state index in [0.29, 0.717) is 6.54 Å². The lowest BCUT2D eigenvalue weighted by atomic mass is 10.3. The number of hydrogen-bond donors (Lipinski definition) is 2. The van der Waals surface area contributed by atoms with Crippen LogP contribution < -0.4 is 10.6 Å². The Balaban J connectivity index is 0.00000220. The van der Waals surface area contributed by atoms with Crippen LogP contribution in [0.15, 0.2) is 16.4 Å². The van der Waals surface area contributed by atoms with Gasteiger partial charge in [-0.3, -0.25) is 4.99 Å². The molecule has 6 nitrogen and oxygen atoms in total. The number of nitrogens with one attached hydrogen (secondary N) is 2. The van der Waals surface area contributed by atoms with Gasteiger partial charge in [-0.05, 0) is 30.9 Å². The number of aromatic nitrogens is 3. The molecule has 0 unspecified atom stereocenters. The Morgan fingerprint density at radius 2 is 2.00 bits per heavy atom. The van der Waals surface area contributed by atoms with Crippen LogP contribution in [0.5, 0.6) is 0 Å². The molecule has 2 heterocycles. The summed E-state index contributed by atoms with van der Waals surface area (Å²) in [6.45, 7) is 5.43. The largest absolute Gasteiger partial charge is 0.352 e. The number of nitrogens with zero attached hydrogens (tertiary/aromatic N) is 4. The van der Waals surface area contributed by atoms with Gasteiger partial charge in [-0.15, -0.1) is 45.5 Å². The Hall–Kier alpha value is -1.16. The highest BCUT2D eigenvalue weighted by Crippen LogP contribution is 2.14. The maximum Gasteiger partial charge on any atom is 0.191 e. The molecule has 0 aliphatic carbocycles. The van der Waals surface area contributed by atoms with E-state index in [2.05, 4.69) is 44.2 Å². The second-order valence-corrected chi connectivity index (χ2v) is 5.53. The van der Waals surface area contributed by atoms with E-state index < -0.39 is 0 Å². The van der Waals surface area contributed by atoms with Crippen LogP contribution in [0.2, 0.25) is 0 Å². The van der Waals surface area contributed by atoms with Crippen molar-refractivity contribution in [3.63, 3.8) is 0 Å². The van der Waals surface area contributed by atoms with E-state index in [0.717, 1.165) is 24.2 Å². The molecule has 2 N–H and O–H groups in total. The monoisotopic (exact) mass is 420 g/mol. The molecule has 0 spiro atoms. The minimum absolute atomic E-state index is 0. The van der Waals surface area contributed by atoms with Gasteiger partial charge in [0.15, 0.2) is 11.8 Å². The summed E-state index contributed by atoms with van der Waals surface area (Å²) in [6, 6.07) is 2.13. The van der Waals surface area contributed by atoms with Crippen molar-refractivity contribution in [2.24, 2.45) is 12.0 Å². The summed E-state index contributed by atoms with van der Waals surface area (Å²) in [5, 5.41) is 16.8. The first-order valence-electron chi connectivity index (χ1n) is 6.44. The average Bonchev–Trinajstić information content (AvgIpc) is 2.99. The molecule has 2 rings (SSSR count). The highest BCUT2D eigenvalue weighted by molar-refractivity contribution is 14.0. The number of guanidine groups is 1. The van der Waals surface area contributed by atoms with Crippen LogP contribution in [-0.4, -0.2) is 27.8 Å². The topological polar surface area (TPSA) is 67.1 Å². The number of hydrogen-bond acceptors (Lipinski definition) is 4. The van der Waals surface area contributed by atoms with Crippen molar-refractivity contribution in [3.8, 4) is 0 Å². The number of halogens is 1. The second-order valence-electron chi connectivity index (χ2n) is 4.53. The molecule has 21 heavy (non-hydrogen) atoms. The molecule has 116 valence electrons. The highest BCUT2D eigenvalue weighted by Gasteiger charge is 2.06. The summed E-state index contributed by atoms with van der Waals surface area (Å²) in [5.74, 6) is 2.55. The van der Waals surface area contributed by atoms with Gasteiger partial charge in [-0.1, -0.05) is 0 Å². The number of rotatable bonds is 4. The minimum Gasteiger partial charge on any atom is -0.352 e. The molecule has 0 bridgehead atoms. The van der Waals surface area contributed by atoms with Crippen LogP contribution in [0.25, 0.3) is 0 Å². The van der Waals surface area contributed by atoms with Gasteiger partial charge in [0.1, 0.15) is 5.82 Å². The maximum absolute atomic E-state index is 4.21. The fourth-order valence-corrected chi connectivity index (χ4v) is 2.58. The number of aliphatic imine (C=N–C) groups is 1. The Labute approximate surface area is 146 Å². The molecule has 0 atom stereocenters. The van der Waals surface area contributed by atoms with Crippen molar-refractivity contribution < 1.29 is 0 Å². The Morgan fingerprint density at radius 3 is 2.52 bits per heavy atom. The van der Waals surface area contributed by atoms with Crippen molar-refractivity contribution in [2.45, 2.75) is 26.9 Å². The Bertz CT molecular complexity index is 604. The summed E-state index contributed by atoms with van der Waals surface area (Å²) in [5.41, 5.74) is 1.31. The van der Waals surface area contributed by atoms with E-state index in [1.807, 2.05) is 18.5 Å². The SMILES string of the molecule is CN=C(NCc1sccc1C)NCc1nnc(C)n1C.I. The van der Waals surface area contributed by atoms with Crippen LogP contribution in [-0.2, 0) is 20.1 Å². The van der Waals surface area contributed by atoms with Crippen molar-refractivity contribution >= 4 is 41.3 Å². The zero-order valence-electron chi connectivity index (χ0n) is 12.7. The van der Waals surface area contributed by atoms with Gasteiger partial charge in [-0.2, -0.15) is 0 Å². The van der Waals surface area contributed by atoms with E-state index >= 15 is 0 Å². The molecule has 8 heteroatoms. The minimum atomic E-state index is 0. The summed E-state index contributed by atoms with van der Waals surface area (Å²) >= 11 is 1.75. The summed E-state index contributed by atoms with van der Waals surface area (Å²) in [6.07, 6.45) is 0. The number of thiophene rings is 1. The van der Waals surface area contributed by atoms with Crippen LogP contribution in [0, 0.1) is 13.8 Å². The predicted octanol–water partition coefficient (Wildman–Crippen LogP) is 1.98. The van der Waals surface area contributed by atoms with Crippen molar-refractivity contribution in [1.29, 1.82) is 0 Å². The standard InChI is InChI=1S/C13H20N6S.HI/c1-9-5-6-20-11(9)7-15-13(14-3)16-8-12-18-17-10(2)19(12)4;/h5-6H,7-8H2,1-4H3,(H2,14,15,16);1H. The molecule has 0 amide bonds. The molecule has 0 saturated carbocycles. The molecule has 2 aromatic rings. The van der Waals surface area contributed by atoms with Crippen LogP contribution >= 0.6 is 35.3 Å². The van der Waals surface area contributed by atoms with Crippen LogP contribution in [0.3, 0.4) is 0 Å². The lowest BCUT2D eigenvalue weighted by Gasteiger charge is -2.11. The summed E-state index contributed by atoms with van der Waals surface area (Å²) in [4.78, 5) is 5.53. The highest BCUT2D eigenvalue weighted by atomic mass is 127. The van der Waals surface area contributed by atoms with E-state index in [9.17, 15) is 0 Å². The van der Waals surface area contributed by atoms with Gasteiger partial charge < -0.3 is 15.2 Å². The first-order chi connectivity index (χ1) is 9.61. The fourth-order valence-electron chi connectivity index (χ4n) is 1.74. The van der Waals surface area contributed by atoms with Crippen molar-refractivity contribution in [1.82, 2.24) is 25.4 Å². The van der Waals surface area contributed by atoms with Crippen LogP contribution in [0.4, 0.5) is 0 Å². The number of aryl methyl sites for hydroxylation is 2. The van der Waals surface area contributed by atoms with Crippen LogP contribution in [0.1, 0.15) is 22.1 Å². The molecule has 0 aliphatic rings. The first kappa shape index (κ1) is 17.9. The summed E-state index contributed by atoms with van der Waals surface area (Å²) < 4.78 is 1.96. The van der Waals surface area contributed by atoms with E-state index in [1.165, 1.54) is 10.4 Å². The maximum atomic E-state index is 4.21. The Morgan fingerprint density at radius 1 is 1.29 bits per heavy atom. The van der Waals surface area contributed by atoms with E-state index in [-0.39, 0.29) is 24.0 Å². The molecule has 2 aromatic heterocycles. The van der Waals surface area contributed by atoms with Gasteiger partial charge in [-0.25, -0.2) is 0 Å². The molecule has 0 radical (unpaired) electrons. The van der Waals surface area contributed by atoms with Gasteiger partial charge in [0.25, 0.3) is 0 Å². The Kier molecular flexibility index (Phi) is 7.09. The molecular weight excluding hydrogens is 399 g/mol. The third-order valence-corrected chi connectivity index (χ3v) is 4.23. The van der Waals surface area contributed by atoms with Gasteiger partial charge in [0.2, 0.25) is 0 Å². The van der Waals surface area contributed by atoms with Gasteiger partial charge >= 0.3 is 0 Å². The third-order valence-electron chi connectivity index (χ3n) is 3.20. The van der Waals surface area contributed by atoms with Gasteiger partial charge in [0, 0.05) is 19.0 Å². The van der Waals surface area contributed by atoms with E-state index in [1.54, 1.807) is 18.4 Å². The smallest absolute Gasteiger partial charge is 0.191 e.